The molecular formula is C14H30N2O. The van der Waals surface area contributed by atoms with E-state index in [9.17, 15) is 0 Å². The lowest BCUT2D eigenvalue weighted by atomic mass is 9.83. The molecule has 0 amide bonds. The summed E-state index contributed by atoms with van der Waals surface area (Å²) < 4.78 is 5.04. The van der Waals surface area contributed by atoms with E-state index in [1.165, 1.54) is 25.9 Å². The second-order valence-corrected chi connectivity index (χ2v) is 6.14. The Bertz CT molecular complexity index is 206. The van der Waals surface area contributed by atoms with Gasteiger partial charge in [-0.15, -0.1) is 0 Å². The molecule has 0 aromatic heterocycles. The number of ether oxygens (including phenoxy) is 1. The van der Waals surface area contributed by atoms with Crippen molar-refractivity contribution in [3.63, 3.8) is 0 Å². The zero-order chi connectivity index (χ0) is 12.7. The maximum atomic E-state index is 5.04. The van der Waals surface area contributed by atoms with Crippen LogP contribution in [0.1, 0.15) is 40.0 Å². The summed E-state index contributed by atoms with van der Waals surface area (Å²) in [5.41, 5.74) is 0.503. The summed E-state index contributed by atoms with van der Waals surface area (Å²) in [6.07, 6.45) is 3.83. The number of hydrogen-bond donors (Lipinski definition) is 1. The lowest BCUT2D eigenvalue weighted by Crippen LogP contribution is -2.48. The smallest absolute Gasteiger partial charge is 0.0474 e. The highest BCUT2D eigenvalue weighted by Gasteiger charge is 2.28. The van der Waals surface area contributed by atoms with Crippen molar-refractivity contribution in [2.75, 3.05) is 39.9 Å². The van der Waals surface area contributed by atoms with Crippen LogP contribution in [0, 0.1) is 5.41 Å². The highest BCUT2D eigenvalue weighted by molar-refractivity contribution is 4.83. The molecular weight excluding hydrogens is 212 g/mol. The van der Waals surface area contributed by atoms with Gasteiger partial charge in [0.2, 0.25) is 0 Å². The van der Waals surface area contributed by atoms with Gasteiger partial charge in [-0.05, 0) is 44.7 Å². The topological polar surface area (TPSA) is 24.5 Å². The molecule has 1 atom stereocenters. The van der Waals surface area contributed by atoms with Crippen LogP contribution in [-0.2, 0) is 4.74 Å². The number of likely N-dealkylation sites (tertiary alicyclic amines) is 1. The minimum atomic E-state index is 0.503. The monoisotopic (exact) mass is 242 g/mol. The Hall–Kier alpha value is -0.120. The number of hydrogen-bond acceptors (Lipinski definition) is 3. The lowest BCUT2D eigenvalue weighted by molar-refractivity contribution is 0.0840. The first-order valence-electron chi connectivity index (χ1n) is 6.99. The molecule has 17 heavy (non-hydrogen) atoms. The van der Waals surface area contributed by atoms with Crippen molar-refractivity contribution >= 4 is 0 Å². The molecule has 3 nitrogen and oxygen atoms in total. The summed E-state index contributed by atoms with van der Waals surface area (Å²) in [6, 6.07) is 0.650. The van der Waals surface area contributed by atoms with Gasteiger partial charge in [0.05, 0.1) is 0 Å². The van der Waals surface area contributed by atoms with Crippen LogP contribution in [0.5, 0.6) is 0 Å². The molecule has 0 bridgehead atoms. The molecule has 0 radical (unpaired) electrons. The average molecular weight is 242 g/mol. The van der Waals surface area contributed by atoms with Gasteiger partial charge in [-0.3, -0.25) is 4.90 Å². The Kier molecular flexibility index (Phi) is 6.45. The van der Waals surface area contributed by atoms with Gasteiger partial charge in [0, 0.05) is 32.8 Å². The molecule has 1 N–H and O–H groups in total. The van der Waals surface area contributed by atoms with Crippen molar-refractivity contribution in [3.8, 4) is 0 Å². The number of rotatable bonds is 7. The Labute approximate surface area is 107 Å². The van der Waals surface area contributed by atoms with Gasteiger partial charge in [0.15, 0.2) is 0 Å². The van der Waals surface area contributed by atoms with Crippen LogP contribution in [0.15, 0.2) is 0 Å². The summed E-state index contributed by atoms with van der Waals surface area (Å²) >= 11 is 0. The first kappa shape index (κ1) is 14.9. The number of piperidine rings is 1. The van der Waals surface area contributed by atoms with E-state index in [2.05, 4.69) is 31.0 Å². The van der Waals surface area contributed by atoms with Gasteiger partial charge in [-0.25, -0.2) is 0 Å². The highest BCUT2D eigenvalue weighted by Crippen LogP contribution is 2.29. The van der Waals surface area contributed by atoms with E-state index in [-0.39, 0.29) is 0 Å². The Morgan fingerprint density at radius 2 is 2.18 bits per heavy atom. The van der Waals surface area contributed by atoms with Crippen molar-refractivity contribution in [2.45, 2.75) is 46.1 Å². The Morgan fingerprint density at radius 1 is 1.41 bits per heavy atom. The average Bonchev–Trinajstić information content (AvgIpc) is 2.27. The van der Waals surface area contributed by atoms with E-state index in [1.54, 1.807) is 7.11 Å². The first-order valence-corrected chi connectivity index (χ1v) is 6.99. The van der Waals surface area contributed by atoms with Crippen molar-refractivity contribution in [2.24, 2.45) is 5.41 Å². The molecule has 1 fully saturated rings. The third kappa shape index (κ3) is 5.84. The van der Waals surface area contributed by atoms with Gasteiger partial charge in [0.1, 0.15) is 0 Å². The normalized spacial score (nSPS) is 22.6. The first-order chi connectivity index (χ1) is 8.05. The fourth-order valence-electron chi connectivity index (χ4n) is 2.63. The van der Waals surface area contributed by atoms with Gasteiger partial charge in [-0.1, -0.05) is 13.8 Å². The van der Waals surface area contributed by atoms with E-state index < -0.39 is 0 Å². The third-order valence-electron chi connectivity index (χ3n) is 3.70. The standard InChI is InChI=1S/C14H30N2O/c1-13(11-15-8-6-10-17-4)16-9-5-7-14(2,3)12-16/h13,15H,5-12H2,1-4H3. The molecule has 0 aromatic carbocycles. The van der Waals surface area contributed by atoms with Crippen LogP contribution in [-0.4, -0.2) is 50.8 Å². The maximum absolute atomic E-state index is 5.04. The van der Waals surface area contributed by atoms with Crippen LogP contribution in [0.4, 0.5) is 0 Å². The van der Waals surface area contributed by atoms with Crippen LogP contribution in [0.25, 0.3) is 0 Å². The van der Waals surface area contributed by atoms with E-state index in [0.717, 1.165) is 26.1 Å². The van der Waals surface area contributed by atoms with Crippen LogP contribution in [0.2, 0.25) is 0 Å². The van der Waals surface area contributed by atoms with Crippen molar-refractivity contribution in [3.05, 3.63) is 0 Å². The predicted molar refractivity (Wildman–Crippen MR) is 73.4 cm³/mol. The fraction of sp³-hybridized carbons (Fsp3) is 1.00. The summed E-state index contributed by atoms with van der Waals surface area (Å²) in [7, 11) is 1.76. The molecule has 0 aromatic rings. The molecule has 3 heteroatoms. The summed E-state index contributed by atoms with van der Waals surface area (Å²) in [5, 5.41) is 3.52. The number of nitrogens with one attached hydrogen (secondary N) is 1. The summed E-state index contributed by atoms with van der Waals surface area (Å²) in [6.45, 7) is 12.6. The van der Waals surface area contributed by atoms with E-state index in [4.69, 9.17) is 4.74 Å². The van der Waals surface area contributed by atoms with Crippen LogP contribution < -0.4 is 5.32 Å². The van der Waals surface area contributed by atoms with Crippen molar-refractivity contribution in [1.82, 2.24) is 10.2 Å². The van der Waals surface area contributed by atoms with E-state index >= 15 is 0 Å². The molecule has 1 rings (SSSR count). The molecule has 0 saturated carbocycles. The van der Waals surface area contributed by atoms with E-state index in [0.29, 0.717) is 11.5 Å². The fourth-order valence-corrected chi connectivity index (χ4v) is 2.63. The quantitative estimate of drug-likeness (QED) is 0.692. The Balaban J connectivity index is 2.16. The molecule has 1 aliphatic heterocycles. The SMILES string of the molecule is COCCCNCC(C)N1CCCC(C)(C)C1. The molecule has 1 heterocycles. The van der Waals surface area contributed by atoms with Gasteiger partial charge >= 0.3 is 0 Å². The largest absolute Gasteiger partial charge is 0.385 e. The third-order valence-corrected chi connectivity index (χ3v) is 3.70. The molecule has 0 aliphatic carbocycles. The summed E-state index contributed by atoms with van der Waals surface area (Å²) in [5.74, 6) is 0. The minimum Gasteiger partial charge on any atom is -0.385 e. The molecule has 1 aliphatic rings. The van der Waals surface area contributed by atoms with Crippen LogP contribution >= 0.6 is 0 Å². The second-order valence-electron chi connectivity index (χ2n) is 6.14. The maximum Gasteiger partial charge on any atom is 0.0474 e. The lowest BCUT2D eigenvalue weighted by Gasteiger charge is -2.41. The zero-order valence-electron chi connectivity index (χ0n) is 12.1. The van der Waals surface area contributed by atoms with Gasteiger partial charge in [-0.2, -0.15) is 0 Å². The van der Waals surface area contributed by atoms with Crippen molar-refractivity contribution < 1.29 is 4.74 Å². The Morgan fingerprint density at radius 3 is 2.82 bits per heavy atom. The molecule has 0 spiro atoms. The molecule has 102 valence electrons. The van der Waals surface area contributed by atoms with Gasteiger partial charge < -0.3 is 10.1 Å². The van der Waals surface area contributed by atoms with Crippen molar-refractivity contribution in [1.29, 1.82) is 0 Å². The van der Waals surface area contributed by atoms with Crippen LogP contribution in [0.3, 0.4) is 0 Å². The second kappa shape index (κ2) is 7.34. The molecule has 1 unspecified atom stereocenters. The summed E-state index contributed by atoms with van der Waals surface area (Å²) in [4.78, 5) is 2.63. The molecule has 1 saturated heterocycles. The van der Waals surface area contributed by atoms with E-state index in [1.807, 2.05) is 0 Å². The highest BCUT2D eigenvalue weighted by atomic mass is 16.5. The number of methoxy groups -OCH3 is 1. The predicted octanol–water partition coefficient (Wildman–Crippen LogP) is 2.12. The number of nitrogens with zero attached hydrogens (tertiary/aromatic N) is 1. The van der Waals surface area contributed by atoms with Gasteiger partial charge in [0.25, 0.3) is 0 Å². The minimum absolute atomic E-state index is 0.503. The zero-order valence-corrected chi connectivity index (χ0v) is 12.1.